The maximum Gasteiger partial charge on any atom is 0.558 e. The Balaban J connectivity index is 0.000000633. The van der Waals surface area contributed by atoms with Crippen molar-refractivity contribution in [3.05, 3.63) is 4.13 Å². The van der Waals surface area contributed by atoms with Gasteiger partial charge in [-0.25, -0.2) is 16.8 Å². The Labute approximate surface area is 191 Å². The zero-order valence-corrected chi connectivity index (χ0v) is 21.7. The fourth-order valence-corrected chi connectivity index (χ4v) is 7.25. The monoisotopic (exact) mass is 556 g/mol. The van der Waals surface area contributed by atoms with Gasteiger partial charge in [-0.05, 0) is 12.3 Å². The molecule has 0 N–H and O–H groups in total. The molecular formula is C15H30F6N2O7S2Si. The summed E-state index contributed by atoms with van der Waals surface area (Å²) in [4.78, 5) is 0. The Hall–Kier alpha value is -0.503. The number of halogens is 6. The molecule has 0 amide bonds. The number of quaternary nitrogens is 1. The zero-order chi connectivity index (χ0) is 26.5. The molecule has 33 heavy (non-hydrogen) atoms. The van der Waals surface area contributed by atoms with E-state index in [0.29, 0.717) is 0 Å². The first-order valence-corrected chi connectivity index (χ1v) is 14.3. The highest BCUT2D eigenvalue weighted by molar-refractivity contribution is 8.13. The third-order valence-corrected chi connectivity index (χ3v) is 10.6. The molecule has 0 aromatic carbocycles. The molecule has 0 saturated carbocycles. The molecule has 2 atom stereocenters. The van der Waals surface area contributed by atoms with E-state index in [0.717, 1.165) is 26.6 Å². The molecule has 1 aliphatic heterocycles. The average molecular weight is 557 g/mol. The summed E-state index contributed by atoms with van der Waals surface area (Å²) in [7, 11) is -8.49. The number of hydrogen-bond donors (Lipinski definition) is 0. The first-order valence-electron chi connectivity index (χ1n) is 9.45. The summed E-state index contributed by atoms with van der Waals surface area (Å²) in [6.45, 7) is 7.05. The summed E-state index contributed by atoms with van der Waals surface area (Å²) in [6.07, 6.45) is 3.52. The van der Waals surface area contributed by atoms with Crippen LogP contribution in [0.3, 0.4) is 0 Å². The highest BCUT2D eigenvalue weighted by Crippen LogP contribution is 2.36. The molecule has 0 bridgehead atoms. The lowest BCUT2D eigenvalue weighted by atomic mass is 9.97. The van der Waals surface area contributed by atoms with Crippen molar-refractivity contribution in [1.82, 2.24) is 0 Å². The Morgan fingerprint density at radius 1 is 0.939 bits per heavy atom. The molecule has 9 nitrogen and oxygen atoms in total. The van der Waals surface area contributed by atoms with Gasteiger partial charge in [0.15, 0.2) is 20.0 Å². The molecule has 200 valence electrons. The number of rotatable bonds is 9. The van der Waals surface area contributed by atoms with E-state index in [1.807, 2.05) is 0 Å². The van der Waals surface area contributed by atoms with Crippen LogP contribution in [-0.4, -0.2) is 88.8 Å². The van der Waals surface area contributed by atoms with Crippen molar-refractivity contribution in [2.24, 2.45) is 11.8 Å². The molecule has 1 rings (SSSR count). The number of sulfonamides is 2. The Morgan fingerprint density at radius 3 is 1.64 bits per heavy atom. The Morgan fingerprint density at radius 2 is 1.33 bits per heavy atom. The summed E-state index contributed by atoms with van der Waals surface area (Å²) in [5.41, 5.74) is -12.4. The van der Waals surface area contributed by atoms with E-state index >= 15 is 0 Å². The van der Waals surface area contributed by atoms with Gasteiger partial charge in [-0.2, -0.15) is 26.3 Å². The van der Waals surface area contributed by atoms with E-state index in [9.17, 15) is 43.2 Å². The fraction of sp³-hybridized carbons (Fsp3) is 1.00. The van der Waals surface area contributed by atoms with Crippen molar-refractivity contribution in [1.29, 1.82) is 0 Å². The molecule has 1 saturated heterocycles. The van der Waals surface area contributed by atoms with Crippen LogP contribution >= 0.6 is 0 Å². The summed E-state index contributed by atoms with van der Waals surface area (Å²) in [5.74, 6) is 1.63. The molecule has 18 heteroatoms. The van der Waals surface area contributed by atoms with Crippen LogP contribution in [0.25, 0.3) is 4.13 Å². The first kappa shape index (κ1) is 32.5. The van der Waals surface area contributed by atoms with E-state index in [4.69, 9.17) is 13.3 Å². The second-order valence-corrected chi connectivity index (χ2v) is 14.5. The van der Waals surface area contributed by atoms with Crippen LogP contribution < -0.4 is 0 Å². The van der Waals surface area contributed by atoms with Gasteiger partial charge in [0.1, 0.15) is 6.17 Å². The third-order valence-electron chi connectivity index (χ3n) is 4.87. The zero-order valence-electron chi connectivity index (χ0n) is 19.0. The Bertz CT molecular complexity index is 782. The van der Waals surface area contributed by atoms with Crippen molar-refractivity contribution < 1.29 is 60.9 Å². The van der Waals surface area contributed by atoms with Crippen LogP contribution in [0, 0.1) is 11.8 Å². The normalized spacial score (nSPS) is 22.9. The average Bonchev–Trinajstić information content (AvgIpc) is 2.97. The predicted molar refractivity (Wildman–Crippen MR) is 108 cm³/mol. The largest absolute Gasteiger partial charge is 0.558 e. The summed E-state index contributed by atoms with van der Waals surface area (Å²) < 4.78 is 127. The Kier molecular flexibility index (Phi) is 11.3. The van der Waals surface area contributed by atoms with Crippen molar-refractivity contribution in [3.63, 3.8) is 0 Å². The minimum Gasteiger partial charge on any atom is -0.421 e. The topological polar surface area (TPSA) is 110 Å². The molecular weight excluding hydrogens is 526 g/mol. The van der Waals surface area contributed by atoms with Gasteiger partial charge in [-0.3, -0.25) is 0 Å². The van der Waals surface area contributed by atoms with Crippen LogP contribution in [0.15, 0.2) is 0 Å². The van der Waals surface area contributed by atoms with Crippen molar-refractivity contribution in [2.75, 3.05) is 47.6 Å². The van der Waals surface area contributed by atoms with Gasteiger partial charge >= 0.3 is 19.8 Å². The standard InChI is InChI=1S/C13H30NO3Si.C2F6NO4S2/c1-12(2)9-13-7-8-14(3,10-13)11-18(15-4,16-5)17-6;3-1(4,5)14(10,11)9-15(12,13)2(6,7)8/h12-13H,7-11H2,1-6H3;/q+1;-1. The summed E-state index contributed by atoms with van der Waals surface area (Å²) in [6, 6.07) is 0. The van der Waals surface area contributed by atoms with Gasteiger partial charge in [0.25, 0.3) is 0 Å². The second-order valence-electron chi connectivity index (χ2n) is 8.18. The van der Waals surface area contributed by atoms with Crippen LogP contribution in [0.2, 0.25) is 0 Å². The molecule has 2 unspecified atom stereocenters. The van der Waals surface area contributed by atoms with E-state index in [1.165, 1.54) is 25.9 Å². The molecule has 1 heterocycles. The highest BCUT2D eigenvalue weighted by Gasteiger charge is 2.50. The van der Waals surface area contributed by atoms with E-state index in [-0.39, 0.29) is 0 Å². The van der Waals surface area contributed by atoms with Gasteiger partial charge < -0.3 is 21.9 Å². The van der Waals surface area contributed by atoms with Gasteiger partial charge in [0, 0.05) is 33.7 Å². The maximum absolute atomic E-state index is 11.4. The lowest BCUT2D eigenvalue weighted by Crippen LogP contribution is -2.59. The molecule has 1 aliphatic rings. The fourth-order valence-electron chi connectivity index (χ4n) is 3.43. The van der Waals surface area contributed by atoms with Crippen molar-refractivity contribution in [3.8, 4) is 0 Å². The van der Waals surface area contributed by atoms with E-state index < -0.39 is 39.9 Å². The molecule has 0 spiro atoms. The molecule has 0 aromatic heterocycles. The molecule has 0 radical (unpaired) electrons. The van der Waals surface area contributed by atoms with E-state index in [1.54, 1.807) is 21.3 Å². The quantitative estimate of drug-likeness (QED) is 0.244. The molecule has 1 fully saturated rings. The molecule has 0 aromatic rings. The first-order chi connectivity index (χ1) is 14.6. The van der Waals surface area contributed by atoms with Crippen LogP contribution in [0.5, 0.6) is 0 Å². The lowest BCUT2D eigenvalue weighted by Gasteiger charge is -2.35. The minimum absolute atomic E-state index is 0.778. The van der Waals surface area contributed by atoms with Crippen molar-refractivity contribution >= 4 is 28.9 Å². The summed E-state index contributed by atoms with van der Waals surface area (Å²) >= 11 is 0. The van der Waals surface area contributed by atoms with Gasteiger partial charge in [-0.15, -0.1) is 0 Å². The van der Waals surface area contributed by atoms with Gasteiger partial charge in [0.05, 0.1) is 20.1 Å². The van der Waals surface area contributed by atoms with Crippen LogP contribution in [0.4, 0.5) is 26.3 Å². The summed E-state index contributed by atoms with van der Waals surface area (Å²) in [5, 5.41) is 0. The van der Waals surface area contributed by atoms with Crippen LogP contribution in [0.1, 0.15) is 26.7 Å². The number of nitrogens with zero attached hydrogens (tertiary/aromatic N) is 2. The van der Waals surface area contributed by atoms with Gasteiger partial charge in [0.2, 0.25) is 0 Å². The maximum atomic E-state index is 11.4. The van der Waals surface area contributed by atoms with Crippen molar-refractivity contribution in [2.45, 2.75) is 37.7 Å². The third kappa shape index (κ3) is 9.58. The second kappa shape index (κ2) is 11.5. The number of alkyl halides is 6. The minimum atomic E-state index is -6.72. The molecule has 0 aliphatic carbocycles. The SMILES string of the molecule is CO[Si](C[N+]1(C)CCC(CC(C)C)C1)(OC)OC.O=S(=O)([N-]S(=O)(=O)C(F)(F)F)C(F)(F)F. The highest BCUT2D eigenvalue weighted by atomic mass is 32.3. The van der Waals surface area contributed by atoms with Crippen LogP contribution in [-0.2, 0) is 33.3 Å². The number of hydrogen-bond acceptors (Lipinski definition) is 7. The van der Waals surface area contributed by atoms with E-state index in [2.05, 4.69) is 20.9 Å². The van der Waals surface area contributed by atoms with Gasteiger partial charge in [-0.1, -0.05) is 13.8 Å². The predicted octanol–water partition coefficient (Wildman–Crippen LogP) is 2.98. The number of likely N-dealkylation sites (tertiary alicyclic amines) is 1. The lowest BCUT2D eigenvalue weighted by molar-refractivity contribution is -0.891. The smallest absolute Gasteiger partial charge is 0.421 e.